The van der Waals surface area contributed by atoms with Crippen LogP contribution < -0.4 is 0 Å². The summed E-state index contributed by atoms with van der Waals surface area (Å²) in [6.07, 6.45) is -3.60. The molecule has 0 saturated heterocycles. The standard InChI is InChI=1S/C9H2F3N2O.Y/c10-9(11,12)8-3-7(14-5-15)2-1-6(8)4-13;/h1-2H;/q-1;. The van der Waals surface area contributed by atoms with Gasteiger partial charge in [0.25, 0.3) is 0 Å². The van der Waals surface area contributed by atoms with Crippen molar-refractivity contribution in [3.63, 3.8) is 0 Å². The van der Waals surface area contributed by atoms with Crippen molar-refractivity contribution in [2.75, 3.05) is 0 Å². The molecule has 1 rings (SSSR count). The summed E-state index contributed by atoms with van der Waals surface area (Å²) in [4.78, 5) is 12.8. The van der Waals surface area contributed by atoms with Gasteiger partial charge in [-0.3, -0.25) is 0 Å². The minimum atomic E-state index is -4.69. The molecule has 0 bridgehead atoms. The van der Waals surface area contributed by atoms with Crippen LogP contribution in [0.2, 0.25) is 0 Å². The number of aliphatic imine (C=N–C) groups is 1. The van der Waals surface area contributed by atoms with E-state index in [-0.39, 0.29) is 38.4 Å². The first-order chi connectivity index (χ1) is 6.99. The van der Waals surface area contributed by atoms with E-state index >= 15 is 0 Å². The molecule has 0 aliphatic rings. The van der Waals surface area contributed by atoms with Gasteiger partial charge in [0.2, 0.25) is 6.08 Å². The molecule has 16 heavy (non-hydrogen) atoms. The van der Waals surface area contributed by atoms with Gasteiger partial charge in [-0.1, -0.05) is 0 Å². The van der Waals surface area contributed by atoms with Gasteiger partial charge < -0.3 is 0 Å². The number of rotatable bonds is 1. The Balaban J connectivity index is 0.00000225. The second-order valence-electron chi connectivity index (χ2n) is 2.44. The SMILES string of the molecule is N#Cc1ccc(N=C=O)[c-]c1C(F)(F)F.[Y]. The second-order valence-corrected chi connectivity index (χ2v) is 2.44. The topological polar surface area (TPSA) is 53.2 Å². The van der Waals surface area contributed by atoms with Crippen LogP contribution in [0.1, 0.15) is 11.1 Å². The summed E-state index contributed by atoms with van der Waals surface area (Å²) < 4.78 is 37.0. The molecule has 0 heterocycles. The quantitative estimate of drug-likeness (QED) is 0.454. The fraction of sp³-hybridized carbons (Fsp3) is 0.111. The number of alkyl halides is 3. The fourth-order valence-corrected chi connectivity index (χ4v) is 0.914. The van der Waals surface area contributed by atoms with E-state index in [9.17, 15) is 18.0 Å². The molecule has 0 amide bonds. The average molecular weight is 300 g/mol. The Kier molecular flexibility index (Phi) is 5.53. The zero-order chi connectivity index (χ0) is 11.5. The molecule has 0 N–H and O–H groups in total. The molecule has 0 aliphatic heterocycles. The van der Waals surface area contributed by atoms with Gasteiger partial charge in [-0.05, 0) is 16.8 Å². The molecule has 79 valence electrons. The van der Waals surface area contributed by atoms with E-state index in [1.807, 2.05) is 6.07 Å². The zero-order valence-corrected chi connectivity index (χ0v) is 10.5. The Morgan fingerprint density at radius 1 is 1.38 bits per heavy atom. The van der Waals surface area contributed by atoms with E-state index in [2.05, 4.69) is 4.99 Å². The van der Waals surface area contributed by atoms with Crippen LogP contribution in [0.15, 0.2) is 17.1 Å². The van der Waals surface area contributed by atoms with Crippen LogP contribution in [0.3, 0.4) is 0 Å². The van der Waals surface area contributed by atoms with Crippen molar-refractivity contribution < 1.29 is 50.7 Å². The van der Waals surface area contributed by atoms with Gasteiger partial charge in [0.15, 0.2) is 0 Å². The second kappa shape index (κ2) is 5.90. The number of benzene rings is 1. The third-order valence-electron chi connectivity index (χ3n) is 1.50. The maximum absolute atomic E-state index is 12.3. The summed E-state index contributed by atoms with van der Waals surface area (Å²) in [6, 6.07) is 5.22. The summed E-state index contributed by atoms with van der Waals surface area (Å²) >= 11 is 0. The maximum Gasteiger partial charge on any atom is 0.395 e. The molecule has 0 spiro atoms. The first-order valence-corrected chi connectivity index (χ1v) is 3.60. The minimum absolute atomic E-state index is 0. The van der Waals surface area contributed by atoms with Gasteiger partial charge >= 0.3 is 6.18 Å². The smallest absolute Gasteiger partial charge is 0.211 e. The van der Waals surface area contributed by atoms with E-state index in [1.165, 1.54) is 6.07 Å². The Hall–Kier alpha value is -1.02. The van der Waals surface area contributed by atoms with E-state index < -0.39 is 17.3 Å². The fourth-order valence-electron chi connectivity index (χ4n) is 0.914. The molecule has 1 radical (unpaired) electrons. The molecular formula is C9H2F3N2OY-. The monoisotopic (exact) mass is 300 g/mol. The van der Waals surface area contributed by atoms with E-state index in [0.29, 0.717) is 0 Å². The number of isocyanates is 1. The average Bonchev–Trinajstić information content (AvgIpc) is 2.17. The summed E-state index contributed by atoms with van der Waals surface area (Å²) in [7, 11) is 0. The third kappa shape index (κ3) is 3.53. The Morgan fingerprint density at radius 2 is 2.00 bits per heavy atom. The molecule has 7 heteroatoms. The van der Waals surface area contributed by atoms with Gasteiger partial charge in [-0.2, -0.15) is 24.2 Å². The molecule has 0 fully saturated rings. The van der Waals surface area contributed by atoms with Gasteiger partial charge in [0, 0.05) is 38.8 Å². The number of halogens is 3. The number of hydrogen-bond acceptors (Lipinski definition) is 3. The molecule has 0 aromatic heterocycles. The summed E-state index contributed by atoms with van der Waals surface area (Å²) in [6.45, 7) is 0. The largest absolute Gasteiger partial charge is 0.395 e. The van der Waals surface area contributed by atoms with Crippen molar-refractivity contribution in [3.8, 4) is 6.07 Å². The first-order valence-electron chi connectivity index (χ1n) is 3.60. The number of hydrogen-bond donors (Lipinski definition) is 0. The molecule has 3 nitrogen and oxygen atoms in total. The normalized spacial score (nSPS) is 9.62. The van der Waals surface area contributed by atoms with Crippen molar-refractivity contribution in [1.82, 2.24) is 0 Å². The van der Waals surface area contributed by atoms with Crippen LogP contribution in [-0.4, -0.2) is 6.08 Å². The number of nitrogens with zero attached hydrogens (tertiary/aromatic N) is 2. The van der Waals surface area contributed by atoms with Crippen LogP contribution >= 0.6 is 0 Å². The molecule has 0 atom stereocenters. The van der Waals surface area contributed by atoms with Crippen molar-refractivity contribution in [3.05, 3.63) is 29.3 Å². The maximum atomic E-state index is 12.3. The van der Waals surface area contributed by atoms with E-state index in [4.69, 9.17) is 5.26 Å². The number of nitriles is 1. The zero-order valence-electron chi connectivity index (χ0n) is 7.67. The van der Waals surface area contributed by atoms with E-state index in [1.54, 1.807) is 0 Å². The molecular weight excluding hydrogens is 298 g/mol. The molecule has 1 aromatic rings. The van der Waals surface area contributed by atoms with Gasteiger partial charge in [-0.15, -0.1) is 12.1 Å². The van der Waals surface area contributed by atoms with Crippen LogP contribution in [0.4, 0.5) is 18.9 Å². The van der Waals surface area contributed by atoms with Gasteiger partial charge in [-0.25, -0.2) is 10.1 Å². The first kappa shape index (κ1) is 15.0. The van der Waals surface area contributed by atoms with Crippen LogP contribution in [-0.2, 0) is 43.7 Å². The van der Waals surface area contributed by atoms with Gasteiger partial charge in [0.1, 0.15) is 0 Å². The predicted octanol–water partition coefficient (Wildman–Crippen LogP) is 2.34. The van der Waals surface area contributed by atoms with Gasteiger partial charge in [0.05, 0.1) is 0 Å². The summed E-state index contributed by atoms with van der Waals surface area (Å²) in [5.41, 5.74) is -2.11. The molecule has 1 aromatic carbocycles. The summed E-state index contributed by atoms with van der Waals surface area (Å²) in [5, 5.41) is 8.42. The number of carbonyl (C=O) groups excluding carboxylic acids is 1. The Labute approximate surface area is 114 Å². The molecule has 0 aliphatic carbocycles. The van der Waals surface area contributed by atoms with Crippen molar-refractivity contribution >= 4 is 11.8 Å². The minimum Gasteiger partial charge on any atom is -0.211 e. The van der Waals surface area contributed by atoms with Crippen molar-refractivity contribution in [2.45, 2.75) is 6.18 Å². The Morgan fingerprint density at radius 3 is 2.44 bits per heavy atom. The Bertz CT molecular complexity index is 473. The summed E-state index contributed by atoms with van der Waals surface area (Å²) in [5.74, 6) is 0. The third-order valence-corrected chi connectivity index (χ3v) is 1.50. The van der Waals surface area contributed by atoms with Crippen molar-refractivity contribution in [1.29, 1.82) is 5.26 Å². The molecule has 0 saturated carbocycles. The van der Waals surface area contributed by atoms with Crippen LogP contribution in [0, 0.1) is 17.4 Å². The predicted molar refractivity (Wildman–Crippen MR) is 42.8 cm³/mol. The van der Waals surface area contributed by atoms with E-state index in [0.717, 1.165) is 18.2 Å². The van der Waals surface area contributed by atoms with Crippen LogP contribution in [0.25, 0.3) is 0 Å². The van der Waals surface area contributed by atoms with Crippen molar-refractivity contribution in [2.24, 2.45) is 4.99 Å². The van der Waals surface area contributed by atoms with Crippen LogP contribution in [0.5, 0.6) is 0 Å². The molecule has 0 unspecified atom stereocenters.